The molecule has 0 saturated heterocycles. The smallest absolute Gasteiger partial charge is 0.251 e. The fourth-order valence-electron chi connectivity index (χ4n) is 2.41. The Bertz CT molecular complexity index is 694. The molecule has 1 N–H and O–H groups in total. The van der Waals surface area contributed by atoms with Gasteiger partial charge in [0.05, 0.1) is 18.2 Å². The molecule has 0 aliphatic carbocycles. The van der Waals surface area contributed by atoms with Gasteiger partial charge in [0.25, 0.3) is 5.91 Å². The average Bonchev–Trinajstić information content (AvgIpc) is 2.95. The van der Waals surface area contributed by atoms with E-state index in [1.54, 1.807) is 24.3 Å². The molecule has 2 aromatic carbocycles. The Morgan fingerprint density at radius 2 is 2.14 bits per heavy atom. The highest BCUT2D eigenvalue weighted by molar-refractivity contribution is 5.94. The first-order chi connectivity index (χ1) is 10.3. The number of para-hydroxylation sites is 1. The van der Waals surface area contributed by atoms with E-state index in [1.807, 2.05) is 30.3 Å². The summed E-state index contributed by atoms with van der Waals surface area (Å²) >= 11 is 0. The molecule has 1 atom stereocenters. The van der Waals surface area contributed by atoms with E-state index >= 15 is 0 Å². The summed E-state index contributed by atoms with van der Waals surface area (Å²) in [5, 5.41) is 11.7. The number of rotatable bonds is 3. The molecule has 0 bridgehead atoms. The third-order valence-electron chi connectivity index (χ3n) is 3.46. The second-order valence-electron chi connectivity index (χ2n) is 4.95. The fraction of sp³-hybridized carbons (Fsp3) is 0.176. The van der Waals surface area contributed by atoms with E-state index in [0.717, 1.165) is 12.2 Å². The van der Waals surface area contributed by atoms with E-state index in [0.29, 0.717) is 17.7 Å². The topological polar surface area (TPSA) is 62.1 Å². The molecule has 1 unspecified atom stereocenters. The highest BCUT2D eigenvalue weighted by atomic mass is 16.5. The minimum absolute atomic E-state index is 0.0366. The maximum absolute atomic E-state index is 12.1. The number of nitrogens with one attached hydrogen (secondary N) is 1. The van der Waals surface area contributed by atoms with Gasteiger partial charge in [0.15, 0.2) is 0 Å². The molecule has 21 heavy (non-hydrogen) atoms. The molecule has 3 rings (SSSR count). The van der Waals surface area contributed by atoms with Crippen LogP contribution in [0.1, 0.15) is 21.5 Å². The zero-order valence-electron chi connectivity index (χ0n) is 11.4. The van der Waals surface area contributed by atoms with Crippen molar-refractivity contribution in [2.24, 2.45) is 0 Å². The van der Waals surface area contributed by atoms with Crippen LogP contribution < -0.4 is 10.1 Å². The number of carbonyl (C=O) groups excluding carboxylic acids is 1. The lowest BCUT2D eigenvalue weighted by molar-refractivity contribution is 0.0933. The summed E-state index contributed by atoms with van der Waals surface area (Å²) in [5.41, 5.74) is 2.14. The van der Waals surface area contributed by atoms with Gasteiger partial charge in [-0.1, -0.05) is 24.3 Å². The number of ether oxygens (including phenoxy) is 1. The predicted molar refractivity (Wildman–Crippen MR) is 78.1 cm³/mol. The first-order valence-corrected chi connectivity index (χ1v) is 6.79. The van der Waals surface area contributed by atoms with Crippen LogP contribution in [0.25, 0.3) is 0 Å². The van der Waals surface area contributed by atoms with Gasteiger partial charge in [0.1, 0.15) is 11.9 Å². The lowest BCUT2D eigenvalue weighted by Crippen LogP contribution is -2.34. The van der Waals surface area contributed by atoms with E-state index in [9.17, 15) is 4.79 Å². The predicted octanol–water partition coefficient (Wildman–Crippen LogP) is 2.29. The molecule has 104 valence electrons. The summed E-state index contributed by atoms with van der Waals surface area (Å²) in [6.45, 7) is 0.449. The number of amides is 1. The van der Waals surface area contributed by atoms with Crippen LogP contribution in [0.2, 0.25) is 0 Å². The maximum Gasteiger partial charge on any atom is 0.251 e. The summed E-state index contributed by atoms with van der Waals surface area (Å²) in [7, 11) is 0. The van der Waals surface area contributed by atoms with Gasteiger partial charge in [0.2, 0.25) is 0 Å². The zero-order chi connectivity index (χ0) is 14.7. The van der Waals surface area contributed by atoms with Crippen LogP contribution in [0.3, 0.4) is 0 Å². The van der Waals surface area contributed by atoms with Crippen LogP contribution >= 0.6 is 0 Å². The molecule has 4 nitrogen and oxygen atoms in total. The van der Waals surface area contributed by atoms with Crippen LogP contribution in [0.5, 0.6) is 5.75 Å². The van der Waals surface area contributed by atoms with Crippen molar-refractivity contribution >= 4 is 5.91 Å². The Morgan fingerprint density at radius 1 is 1.29 bits per heavy atom. The van der Waals surface area contributed by atoms with Crippen LogP contribution in [0, 0.1) is 11.3 Å². The Kier molecular flexibility index (Phi) is 3.57. The Labute approximate surface area is 123 Å². The van der Waals surface area contributed by atoms with Crippen LogP contribution in [-0.4, -0.2) is 18.6 Å². The Morgan fingerprint density at radius 3 is 2.95 bits per heavy atom. The molecule has 2 aromatic rings. The summed E-state index contributed by atoms with van der Waals surface area (Å²) in [6.07, 6.45) is 0.764. The van der Waals surface area contributed by atoms with Crippen molar-refractivity contribution in [2.45, 2.75) is 12.5 Å². The standard InChI is InChI=1S/C17H14N2O2/c18-10-12-4-3-6-14(8-12)17(20)19-11-15-9-13-5-1-2-7-16(13)21-15/h1-8,15H,9,11H2,(H,19,20). The molecule has 0 spiro atoms. The van der Waals surface area contributed by atoms with Crippen molar-refractivity contribution < 1.29 is 9.53 Å². The van der Waals surface area contributed by atoms with Gasteiger partial charge < -0.3 is 10.1 Å². The van der Waals surface area contributed by atoms with Crippen molar-refractivity contribution in [3.63, 3.8) is 0 Å². The average molecular weight is 278 g/mol. The minimum atomic E-state index is -0.188. The Hall–Kier alpha value is -2.80. The Balaban J connectivity index is 1.59. The highest BCUT2D eigenvalue weighted by Crippen LogP contribution is 2.27. The molecule has 4 heteroatoms. The monoisotopic (exact) mass is 278 g/mol. The number of hydrogen-bond acceptors (Lipinski definition) is 3. The van der Waals surface area contributed by atoms with E-state index in [2.05, 4.69) is 5.32 Å². The molecule has 0 radical (unpaired) electrons. The zero-order valence-corrected chi connectivity index (χ0v) is 11.4. The molecule has 1 aliphatic heterocycles. The van der Waals surface area contributed by atoms with Crippen LogP contribution in [0.15, 0.2) is 48.5 Å². The van der Waals surface area contributed by atoms with E-state index in [1.165, 1.54) is 5.56 Å². The SMILES string of the molecule is N#Cc1cccc(C(=O)NCC2Cc3ccccc3O2)c1. The number of benzene rings is 2. The lowest BCUT2D eigenvalue weighted by Gasteiger charge is -2.12. The summed E-state index contributed by atoms with van der Waals surface area (Å²) in [5.74, 6) is 0.704. The van der Waals surface area contributed by atoms with Crippen molar-refractivity contribution in [3.8, 4) is 11.8 Å². The van der Waals surface area contributed by atoms with Gasteiger partial charge >= 0.3 is 0 Å². The third kappa shape index (κ3) is 2.87. The molecular formula is C17H14N2O2. The largest absolute Gasteiger partial charge is 0.488 e. The minimum Gasteiger partial charge on any atom is -0.488 e. The summed E-state index contributed by atoms with van der Waals surface area (Å²) in [6, 6.07) is 16.6. The molecule has 1 heterocycles. The number of hydrogen-bond donors (Lipinski definition) is 1. The summed E-state index contributed by atoms with van der Waals surface area (Å²) in [4.78, 5) is 12.1. The van der Waals surface area contributed by atoms with Crippen LogP contribution in [-0.2, 0) is 6.42 Å². The van der Waals surface area contributed by atoms with Gasteiger partial charge in [0, 0.05) is 12.0 Å². The number of nitrogens with zero attached hydrogens (tertiary/aromatic N) is 1. The van der Waals surface area contributed by atoms with E-state index in [-0.39, 0.29) is 12.0 Å². The number of carbonyl (C=O) groups is 1. The first-order valence-electron chi connectivity index (χ1n) is 6.79. The van der Waals surface area contributed by atoms with Gasteiger partial charge in [-0.25, -0.2) is 0 Å². The number of fused-ring (bicyclic) bond motifs is 1. The highest BCUT2D eigenvalue weighted by Gasteiger charge is 2.22. The van der Waals surface area contributed by atoms with E-state index in [4.69, 9.17) is 10.00 Å². The third-order valence-corrected chi connectivity index (χ3v) is 3.46. The van der Waals surface area contributed by atoms with Crippen LogP contribution in [0.4, 0.5) is 0 Å². The van der Waals surface area contributed by atoms with E-state index < -0.39 is 0 Å². The van der Waals surface area contributed by atoms with Crippen molar-refractivity contribution in [1.82, 2.24) is 5.32 Å². The van der Waals surface area contributed by atoms with Gasteiger partial charge in [-0.2, -0.15) is 5.26 Å². The molecule has 0 saturated carbocycles. The normalized spacial score (nSPS) is 15.7. The van der Waals surface area contributed by atoms with Gasteiger partial charge in [-0.15, -0.1) is 0 Å². The maximum atomic E-state index is 12.1. The lowest BCUT2D eigenvalue weighted by atomic mass is 10.1. The second kappa shape index (κ2) is 5.68. The fourth-order valence-corrected chi connectivity index (χ4v) is 2.41. The second-order valence-corrected chi connectivity index (χ2v) is 4.95. The quantitative estimate of drug-likeness (QED) is 0.937. The molecule has 0 aromatic heterocycles. The first kappa shape index (κ1) is 13.2. The van der Waals surface area contributed by atoms with Crippen molar-refractivity contribution in [1.29, 1.82) is 5.26 Å². The molecular weight excluding hydrogens is 264 g/mol. The molecule has 0 fully saturated rings. The van der Waals surface area contributed by atoms with Gasteiger partial charge in [-0.05, 0) is 29.8 Å². The number of nitriles is 1. The van der Waals surface area contributed by atoms with Crippen molar-refractivity contribution in [3.05, 3.63) is 65.2 Å². The summed E-state index contributed by atoms with van der Waals surface area (Å²) < 4.78 is 5.77. The molecule has 1 aliphatic rings. The van der Waals surface area contributed by atoms with Crippen molar-refractivity contribution in [2.75, 3.05) is 6.54 Å². The molecule has 1 amide bonds. The van der Waals surface area contributed by atoms with Gasteiger partial charge in [-0.3, -0.25) is 4.79 Å².